The highest BCUT2D eigenvalue weighted by Gasteiger charge is 2.33. The molecular weight excluding hydrogens is 348 g/mol. The van der Waals surface area contributed by atoms with Gasteiger partial charge in [-0.05, 0) is 55.5 Å². The summed E-state index contributed by atoms with van der Waals surface area (Å²) in [5.41, 5.74) is 4.21. The fraction of sp³-hybridized carbons (Fsp3) is 0.391. The summed E-state index contributed by atoms with van der Waals surface area (Å²) in [7, 11) is 0. The molecule has 0 radical (unpaired) electrons. The maximum atomic E-state index is 13.1. The lowest BCUT2D eigenvalue weighted by Gasteiger charge is -2.25. The predicted molar refractivity (Wildman–Crippen MR) is 114 cm³/mol. The molecule has 0 saturated carbocycles. The van der Waals surface area contributed by atoms with Crippen molar-refractivity contribution in [3.05, 3.63) is 59.9 Å². The number of anilines is 1. The van der Waals surface area contributed by atoms with E-state index in [1.807, 2.05) is 35.2 Å². The highest BCUT2D eigenvalue weighted by molar-refractivity contribution is 5.90. The smallest absolute Gasteiger partial charge is 0.322 e. The van der Waals surface area contributed by atoms with Gasteiger partial charge in [-0.1, -0.05) is 38.1 Å². The van der Waals surface area contributed by atoms with Crippen molar-refractivity contribution in [2.75, 3.05) is 11.9 Å². The van der Waals surface area contributed by atoms with Crippen LogP contribution in [0.25, 0.3) is 11.0 Å². The molecule has 1 saturated heterocycles. The van der Waals surface area contributed by atoms with Crippen LogP contribution >= 0.6 is 0 Å². The van der Waals surface area contributed by atoms with Gasteiger partial charge in [0, 0.05) is 18.8 Å². The molecule has 0 spiro atoms. The summed E-state index contributed by atoms with van der Waals surface area (Å²) in [5, 5.41) is 3.10. The number of benzene rings is 2. The van der Waals surface area contributed by atoms with Crippen LogP contribution in [0.15, 0.2) is 48.5 Å². The van der Waals surface area contributed by atoms with E-state index in [4.69, 9.17) is 4.98 Å². The van der Waals surface area contributed by atoms with Crippen molar-refractivity contribution >= 4 is 22.8 Å². The van der Waals surface area contributed by atoms with E-state index in [-0.39, 0.29) is 12.1 Å². The highest BCUT2D eigenvalue weighted by Crippen LogP contribution is 2.34. The number of carbonyl (C=O) groups excluding carboxylic acids is 1. The largest absolute Gasteiger partial charge is 0.327 e. The minimum atomic E-state index is -0.0434. The Hall–Kier alpha value is -2.82. The van der Waals surface area contributed by atoms with Gasteiger partial charge >= 0.3 is 6.03 Å². The zero-order valence-corrected chi connectivity index (χ0v) is 16.9. The number of hydrogen-bond donors (Lipinski definition) is 1. The van der Waals surface area contributed by atoms with Gasteiger partial charge in [-0.25, -0.2) is 9.78 Å². The number of nitrogens with one attached hydrogen (secondary N) is 1. The normalized spacial score (nSPS) is 16.9. The number of likely N-dealkylation sites (tertiary alicyclic amines) is 1. The monoisotopic (exact) mass is 376 g/mol. The number of para-hydroxylation sites is 2. The Kier molecular flexibility index (Phi) is 5.07. The van der Waals surface area contributed by atoms with Crippen molar-refractivity contribution in [2.24, 2.45) is 0 Å². The van der Waals surface area contributed by atoms with E-state index < -0.39 is 0 Å². The lowest BCUT2D eigenvalue weighted by atomic mass is 10.0. The van der Waals surface area contributed by atoms with Crippen LogP contribution in [0.4, 0.5) is 10.5 Å². The SMILES string of the molecule is CCn1c(C2CCCN2C(=O)Nc2cccc(C(C)C)c2)nc2ccccc21. The van der Waals surface area contributed by atoms with Gasteiger partial charge in [0.2, 0.25) is 0 Å². The van der Waals surface area contributed by atoms with Gasteiger partial charge < -0.3 is 14.8 Å². The third-order valence-electron chi connectivity index (χ3n) is 5.62. The molecule has 2 amide bonds. The number of aromatic nitrogens is 2. The van der Waals surface area contributed by atoms with Crippen molar-refractivity contribution in [2.45, 2.75) is 52.1 Å². The summed E-state index contributed by atoms with van der Waals surface area (Å²) in [6, 6.07) is 16.3. The molecule has 146 valence electrons. The second kappa shape index (κ2) is 7.66. The molecule has 1 N–H and O–H groups in total. The molecule has 4 rings (SSSR count). The third-order valence-corrected chi connectivity index (χ3v) is 5.62. The number of rotatable bonds is 4. The molecule has 5 nitrogen and oxygen atoms in total. The van der Waals surface area contributed by atoms with E-state index in [1.165, 1.54) is 5.56 Å². The molecule has 0 aliphatic carbocycles. The van der Waals surface area contributed by atoms with Gasteiger partial charge in [0.25, 0.3) is 0 Å². The first-order valence-electron chi connectivity index (χ1n) is 10.2. The van der Waals surface area contributed by atoms with E-state index in [9.17, 15) is 4.79 Å². The number of hydrogen-bond acceptors (Lipinski definition) is 2. The molecule has 3 aromatic rings. The minimum absolute atomic E-state index is 0.0145. The van der Waals surface area contributed by atoms with Crippen LogP contribution in [0.5, 0.6) is 0 Å². The molecule has 1 aromatic heterocycles. The van der Waals surface area contributed by atoms with Crippen LogP contribution in [0, 0.1) is 0 Å². The zero-order valence-electron chi connectivity index (χ0n) is 16.9. The number of amides is 2. The molecule has 5 heteroatoms. The summed E-state index contributed by atoms with van der Waals surface area (Å²) in [6.07, 6.45) is 1.94. The van der Waals surface area contributed by atoms with Crippen molar-refractivity contribution in [3.63, 3.8) is 0 Å². The van der Waals surface area contributed by atoms with Crippen LogP contribution in [0.3, 0.4) is 0 Å². The zero-order chi connectivity index (χ0) is 19.7. The maximum Gasteiger partial charge on any atom is 0.322 e. The van der Waals surface area contributed by atoms with Crippen molar-refractivity contribution in [1.82, 2.24) is 14.5 Å². The van der Waals surface area contributed by atoms with Crippen LogP contribution < -0.4 is 5.32 Å². The number of nitrogens with zero attached hydrogens (tertiary/aromatic N) is 3. The lowest BCUT2D eigenvalue weighted by Crippen LogP contribution is -2.35. The average Bonchev–Trinajstić information content (AvgIpc) is 3.32. The van der Waals surface area contributed by atoms with Crippen LogP contribution in [0.1, 0.15) is 57.0 Å². The van der Waals surface area contributed by atoms with Crippen LogP contribution in [-0.4, -0.2) is 27.0 Å². The van der Waals surface area contributed by atoms with E-state index in [2.05, 4.69) is 48.9 Å². The Bertz CT molecular complexity index is 991. The van der Waals surface area contributed by atoms with Gasteiger partial charge in [-0.3, -0.25) is 0 Å². The molecular formula is C23H28N4O. The molecule has 2 aromatic carbocycles. The Morgan fingerprint density at radius 2 is 2.04 bits per heavy atom. The first-order valence-corrected chi connectivity index (χ1v) is 10.2. The quantitative estimate of drug-likeness (QED) is 0.649. The summed E-state index contributed by atoms with van der Waals surface area (Å²) >= 11 is 0. The van der Waals surface area contributed by atoms with E-state index >= 15 is 0 Å². The number of carbonyl (C=O) groups is 1. The summed E-state index contributed by atoms with van der Waals surface area (Å²) in [4.78, 5) is 19.9. The second-order valence-electron chi connectivity index (χ2n) is 7.76. The molecule has 1 fully saturated rings. The maximum absolute atomic E-state index is 13.1. The Labute approximate surface area is 166 Å². The second-order valence-corrected chi connectivity index (χ2v) is 7.76. The molecule has 2 heterocycles. The Morgan fingerprint density at radius 3 is 2.82 bits per heavy atom. The van der Waals surface area contributed by atoms with Gasteiger partial charge in [0.15, 0.2) is 0 Å². The first-order chi connectivity index (χ1) is 13.6. The summed E-state index contributed by atoms with van der Waals surface area (Å²) in [5.74, 6) is 1.42. The number of imidazole rings is 1. The molecule has 0 bridgehead atoms. The van der Waals surface area contributed by atoms with Crippen LogP contribution in [-0.2, 0) is 6.54 Å². The average molecular weight is 377 g/mol. The first kappa shape index (κ1) is 18.5. The number of aryl methyl sites for hydroxylation is 1. The van der Waals surface area contributed by atoms with Crippen molar-refractivity contribution in [1.29, 1.82) is 0 Å². The van der Waals surface area contributed by atoms with E-state index in [0.29, 0.717) is 5.92 Å². The topological polar surface area (TPSA) is 50.2 Å². The molecule has 1 aliphatic rings. The molecule has 1 atom stereocenters. The van der Waals surface area contributed by atoms with Gasteiger partial charge in [0.05, 0.1) is 17.1 Å². The summed E-state index contributed by atoms with van der Waals surface area (Å²) < 4.78 is 2.24. The van der Waals surface area contributed by atoms with Crippen molar-refractivity contribution < 1.29 is 4.79 Å². The lowest BCUT2D eigenvalue weighted by molar-refractivity contribution is 0.204. The van der Waals surface area contributed by atoms with Crippen LogP contribution in [0.2, 0.25) is 0 Å². The molecule has 1 unspecified atom stereocenters. The van der Waals surface area contributed by atoms with Gasteiger partial charge in [-0.15, -0.1) is 0 Å². The van der Waals surface area contributed by atoms with Gasteiger partial charge in [0.1, 0.15) is 5.82 Å². The summed E-state index contributed by atoms with van der Waals surface area (Å²) in [6.45, 7) is 8.05. The van der Waals surface area contributed by atoms with Gasteiger partial charge in [-0.2, -0.15) is 0 Å². The minimum Gasteiger partial charge on any atom is -0.327 e. The van der Waals surface area contributed by atoms with E-state index in [1.54, 1.807) is 0 Å². The van der Waals surface area contributed by atoms with E-state index in [0.717, 1.165) is 48.5 Å². The third kappa shape index (κ3) is 3.37. The fourth-order valence-electron chi connectivity index (χ4n) is 4.13. The highest BCUT2D eigenvalue weighted by atomic mass is 16.2. The number of urea groups is 1. The predicted octanol–water partition coefficient (Wildman–Crippen LogP) is 5.55. The Morgan fingerprint density at radius 1 is 1.21 bits per heavy atom. The molecule has 1 aliphatic heterocycles. The number of fused-ring (bicyclic) bond motifs is 1. The fourth-order valence-corrected chi connectivity index (χ4v) is 4.13. The van der Waals surface area contributed by atoms with Crippen molar-refractivity contribution in [3.8, 4) is 0 Å². The molecule has 28 heavy (non-hydrogen) atoms. The Balaban J connectivity index is 1.60. The standard InChI is InChI=1S/C23H28N4O/c1-4-26-20-12-6-5-11-19(20)25-22(26)21-13-8-14-27(21)23(28)24-18-10-7-9-17(15-18)16(2)3/h5-7,9-12,15-16,21H,4,8,13-14H2,1-3H3,(H,24,28).